The van der Waals surface area contributed by atoms with Crippen LogP contribution in [0.1, 0.15) is 12.8 Å². The summed E-state index contributed by atoms with van der Waals surface area (Å²) in [7, 11) is 1.31. The van der Waals surface area contributed by atoms with Gasteiger partial charge in [0.15, 0.2) is 5.60 Å². The second-order valence-corrected chi connectivity index (χ2v) is 2.40. The molecule has 0 unspecified atom stereocenters. The minimum Gasteiger partial charge on any atom is -0.479 e. The molecule has 0 aromatic carbocycles. The van der Waals surface area contributed by atoms with E-state index in [0.717, 1.165) is 0 Å². The van der Waals surface area contributed by atoms with Gasteiger partial charge >= 0.3 is 5.97 Å². The van der Waals surface area contributed by atoms with Crippen molar-refractivity contribution < 1.29 is 19.4 Å². The molecule has 4 nitrogen and oxygen atoms in total. The van der Waals surface area contributed by atoms with Gasteiger partial charge < -0.3 is 9.84 Å². The molecule has 0 heterocycles. The Labute approximate surface area is 57.8 Å². The van der Waals surface area contributed by atoms with Gasteiger partial charge in [0, 0.05) is 20.0 Å². The number of carbonyl (C=O) groups excluding carboxylic acids is 1. The topological polar surface area (TPSA) is 63.6 Å². The van der Waals surface area contributed by atoms with E-state index in [2.05, 4.69) is 4.74 Å². The van der Waals surface area contributed by atoms with Gasteiger partial charge in [0.1, 0.15) is 5.78 Å². The number of hydrogen-bond acceptors (Lipinski definition) is 3. The number of carbonyl (C=O) groups is 2. The maximum absolute atomic E-state index is 10.4. The Morgan fingerprint density at radius 2 is 2.20 bits per heavy atom. The van der Waals surface area contributed by atoms with Crippen LogP contribution in [0.4, 0.5) is 0 Å². The van der Waals surface area contributed by atoms with E-state index in [-0.39, 0.29) is 18.6 Å². The lowest BCUT2D eigenvalue weighted by Crippen LogP contribution is -2.52. The number of Topliss-reactive ketones (excluding diaryl/α,β-unsaturated/α-hetero) is 1. The third kappa shape index (κ3) is 0.806. The van der Waals surface area contributed by atoms with Gasteiger partial charge in [-0.3, -0.25) is 4.79 Å². The largest absolute Gasteiger partial charge is 0.479 e. The van der Waals surface area contributed by atoms with E-state index < -0.39 is 11.6 Å². The summed E-state index contributed by atoms with van der Waals surface area (Å²) < 4.78 is 4.69. The van der Waals surface area contributed by atoms with Crippen molar-refractivity contribution in [3.63, 3.8) is 0 Å². The van der Waals surface area contributed by atoms with Crippen LogP contribution in [0.3, 0.4) is 0 Å². The Morgan fingerprint density at radius 3 is 2.30 bits per heavy atom. The molecule has 0 aromatic heterocycles. The number of carboxylic acids is 1. The van der Waals surface area contributed by atoms with Crippen LogP contribution in [0, 0.1) is 0 Å². The normalized spacial score (nSPS) is 21.9. The molecule has 1 saturated carbocycles. The van der Waals surface area contributed by atoms with Gasteiger partial charge in [-0.05, 0) is 0 Å². The molecule has 0 spiro atoms. The first-order valence-corrected chi connectivity index (χ1v) is 2.91. The average molecular weight is 144 g/mol. The molecule has 0 atom stereocenters. The smallest absolute Gasteiger partial charge is 0.336 e. The van der Waals surface area contributed by atoms with Gasteiger partial charge in [-0.25, -0.2) is 4.79 Å². The lowest BCUT2D eigenvalue weighted by molar-refractivity contribution is -0.177. The van der Waals surface area contributed by atoms with E-state index in [4.69, 9.17) is 5.11 Å². The molecule has 0 saturated heterocycles. The number of carboxylic acid groups (broad SMARTS) is 1. The number of ether oxygens (including phenoxy) is 1. The maximum atomic E-state index is 10.4. The number of rotatable bonds is 2. The van der Waals surface area contributed by atoms with Crippen LogP contribution >= 0.6 is 0 Å². The maximum Gasteiger partial charge on any atom is 0.336 e. The first-order chi connectivity index (χ1) is 4.60. The molecular weight excluding hydrogens is 136 g/mol. The van der Waals surface area contributed by atoms with Crippen molar-refractivity contribution in [2.75, 3.05) is 7.11 Å². The molecule has 56 valence electrons. The van der Waals surface area contributed by atoms with E-state index in [1.54, 1.807) is 0 Å². The van der Waals surface area contributed by atoms with Gasteiger partial charge in [0.05, 0.1) is 0 Å². The molecular formula is C6H8O4. The zero-order valence-corrected chi connectivity index (χ0v) is 5.59. The third-order valence-corrected chi connectivity index (χ3v) is 1.75. The van der Waals surface area contributed by atoms with E-state index in [9.17, 15) is 9.59 Å². The van der Waals surface area contributed by atoms with Crippen LogP contribution in [0.25, 0.3) is 0 Å². The highest BCUT2D eigenvalue weighted by molar-refractivity contribution is 5.99. The van der Waals surface area contributed by atoms with Gasteiger partial charge in [0.25, 0.3) is 0 Å². The minimum atomic E-state index is -1.20. The van der Waals surface area contributed by atoms with Crippen LogP contribution in [-0.2, 0) is 14.3 Å². The summed E-state index contributed by atoms with van der Waals surface area (Å²) in [5.41, 5.74) is -1.20. The lowest BCUT2D eigenvalue weighted by atomic mass is 9.79. The van der Waals surface area contributed by atoms with Crippen molar-refractivity contribution in [2.24, 2.45) is 0 Å². The predicted molar refractivity (Wildman–Crippen MR) is 31.6 cm³/mol. The van der Waals surface area contributed by atoms with Crippen molar-refractivity contribution in [3.05, 3.63) is 0 Å². The fraction of sp³-hybridized carbons (Fsp3) is 0.667. The molecule has 0 amide bonds. The molecule has 1 aliphatic rings. The summed E-state index contributed by atoms with van der Waals surface area (Å²) in [6, 6.07) is 0. The summed E-state index contributed by atoms with van der Waals surface area (Å²) in [6.45, 7) is 0. The monoisotopic (exact) mass is 144 g/mol. The second-order valence-electron chi connectivity index (χ2n) is 2.40. The van der Waals surface area contributed by atoms with E-state index in [1.807, 2.05) is 0 Å². The molecule has 4 heteroatoms. The molecule has 1 N–H and O–H groups in total. The summed E-state index contributed by atoms with van der Waals surface area (Å²) in [4.78, 5) is 20.8. The molecule has 0 radical (unpaired) electrons. The van der Waals surface area contributed by atoms with E-state index in [1.165, 1.54) is 7.11 Å². The number of aliphatic carboxylic acids is 1. The molecule has 1 rings (SSSR count). The van der Waals surface area contributed by atoms with Crippen LogP contribution in [0.2, 0.25) is 0 Å². The molecule has 0 aliphatic heterocycles. The second kappa shape index (κ2) is 2.05. The Hall–Kier alpha value is -0.900. The Balaban J connectivity index is 2.65. The summed E-state index contributed by atoms with van der Waals surface area (Å²) in [5, 5.41) is 8.52. The SMILES string of the molecule is COC1(C(=O)O)CC(=O)C1. The number of ketones is 1. The molecule has 10 heavy (non-hydrogen) atoms. The van der Waals surface area contributed by atoms with Gasteiger partial charge in [0.2, 0.25) is 0 Å². The first-order valence-electron chi connectivity index (χ1n) is 2.91. The van der Waals surface area contributed by atoms with Crippen LogP contribution < -0.4 is 0 Å². The van der Waals surface area contributed by atoms with Crippen molar-refractivity contribution >= 4 is 11.8 Å². The fourth-order valence-corrected chi connectivity index (χ4v) is 0.968. The third-order valence-electron chi connectivity index (χ3n) is 1.75. The first kappa shape index (κ1) is 7.21. The molecule has 1 fully saturated rings. The highest BCUT2D eigenvalue weighted by atomic mass is 16.5. The Bertz CT molecular complexity index is 176. The lowest BCUT2D eigenvalue weighted by Gasteiger charge is -2.34. The van der Waals surface area contributed by atoms with Crippen LogP contribution in [0.15, 0.2) is 0 Å². The van der Waals surface area contributed by atoms with Crippen LogP contribution in [0.5, 0.6) is 0 Å². The predicted octanol–water partition coefficient (Wildman–Crippen LogP) is -0.181. The minimum absolute atomic E-state index is 0.0127. The number of hydrogen-bond donors (Lipinski definition) is 1. The Morgan fingerprint density at radius 1 is 1.70 bits per heavy atom. The van der Waals surface area contributed by atoms with E-state index >= 15 is 0 Å². The quantitative estimate of drug-likeness (QED) is 0.583. The highest BCUT2D eigenvalue weighted by Gasteiger charge is 2.50. The molecule has 0 bridgehead atoms. The average Bonchev–Trinajstić information content (AvgIpc) is 1.79. The van der Waals surface area contributed by atoms with E-state index in [0.29, 0.717) is 0 Å². The zero-order valence-electron chi connectivity index (χ0n) is 5.59. The fourth-order valence-electron chi connectivity index (χ4n) is 0.968. The number of methoxy groups -OCH3 is 1. The molecule has 0 aromatic rings. The van der Waals surface area contributed by atoms with Gasteiger partial charge in [-0.2, -0.15) is 0 Å². The zero-order chi connectivity index (χ0) is 7.78. The van der Waals surface area contributed by atoms with Crippen molar-refractivity contribution in [1.82, 2.24) is 0 Å². The summed E-state index contributed by atoms with van der Waals surface area (Å²) in [5.74, 6) is -1.10. The van der Waals surface area contributed by atoms with Gasteiger partial charge in [-0.15, -0.1) is 0 Å². The van der Waals surface area contributed by atoms with Crippen molar-refractivity contribution in [1.29, 1.82) is 0 Å². The highest BCUT2D eigenvalue weighted by Crippen LogP contribution is 2.31. The van der Waals surface area contributed by atoms with Crippen molar-refractivity contribution in [3.8, 4) is 0 Å². The standard InChI is InChI=1S/C6H8O4/c1-10-6(5(8)9)2-4(7)3-6/h2-3H2,1H3,(H,8,9). The van der Waals surface area contributed by atoms with Crippen molar-refractivity contribution in [2.45, 2.75) is 18.4 Å². The van der Waals surface area contributed by atoms with Gasteiger partial charge in [-0.1, -0.05) is 0 Å². The van der Waals surface area contributed by atoms with Crippen LogP contribution in [-0.4, -0.2) is 29.6 Å². The Kier molecular flexibility index (Phi) is 1.48. The molecule has 1 aliphatic carbocycles. The summed E-state index contributed by atoms with van der Waals surface area (Å²) in [6.07, 6.45) is 0.0255. The summed E-state index contributed by atoms with van der Waals surface area (Å²) >= 11 is 0.